The Kier molecular flexibility index (Phi) is 3.43. The second kappa shape index (κ2) is 5.38. The number of amidine groups is 1. The van der Waals surface area contributed by atoms with Crippen molar-refractivity contribution in [2.24, 2.45) is 5.73 Å². The molecule has 0 spiro atoms. The first-order chi connectivity index (χ1) is 9.72. The molecule has 4 N–H and O–H groups in total. The summed E-state index contributed by atoms with van der Waals surface area (Å²) < 4.78 is 0. The number of aromatic nitrogens is 2. The molecule has 3 rings (SSSR count). The maximum absolute atomic E-state index is 7.36. The van der Waals surface area contributed by atoms with Gasteiger partial charge in [-0.1, -0.05) is 48.2 Å². The van der Waals surface area contributed by atoms with E-state index in [-0.39, 0.29) is 5.84 Å². The summed E-state index contributed by atoms with van der Waals surface area (Å²) in [6.07, 6.45) is 0. The molecule has 0 bridgehead atoms. The topological polar surface area (TPSA) is 78.6 Å². The first kappa shape index (κ1) is 12.7. The molecular formula is C15H14N4S. The number of thioether (sulfide) groups is 1. The molecule has 0 saturated heterocycles. The molecule has 0 aliphatic heterocycles. The van der Waals surface area contributed by atoms with Crippen LogP contribution in [0.25, 0.3) is 11.0 Å². The number of hydrogen-bond donors (Lipinski definition) is 3. The van der Waals surface area contributed by atoms with Crippen molar-refractivity contribution in [2.75, 3.05) is 0 Å². The van der Waals surface area contributed by atoms with E-state index in [0.29, 0.717) is 0 Å². The summed E-state index contributed by atoms with van der Waals surface area (Å²) in [4.78, 5) is 7.82. The zero-order valence-electron chi connectivity index (χ0n) is 10.8. The van der Waals surface area contributed by atoms with Crippen LogP contribution in [0.15, 0.2) is 53.7 Å². The minimum atomic E-state index is 0.0986. The third-order valence-corrected chi connectivity index (χ3v) is 3.95. The molecule has 0 aliphatic carbocycles. The number of nitrogens with one attached hydrogen (secondary N) is 2. The number of benzene rings is 2. The van der Waals surface area contributed by atoms with Crippen molar-refractivity contribution >= 4 is 28.6 Å². The standard InChI is InChI=1S/C15H14N4S/c16-14(17)11-7-5-10(6-8-11)9-20-15-18-12-3-1-2-4-13(12)19-15/h1-8H,9H2,(H3,16,17)(H,18,19). The molecule has 4 nitrogen and oxygen atoms in total. The van der Waals surface area contributed by atoms with Crippen LogP contribution in [-0.4, -0.2) is 15.8 Å². The van der Waals surface area contributed by atoms with Gasteiger partial charge in [-0.25, -0.2) is 4.98 Å². The lowest BCUT2D eigenvalue weighted by atomic mass is 10.1. The SMILES string of the molecule is N=C(N)c1ccc(CSc2nc3ccccc3[nH]2)cc1. The molecule has 1 heterocycles. The van der Waals surface area contributed by atoms with Gasteiger partial charge in [0.15, 0.2) is 5.16 Å². The van der Waals surface area contributed by atoms with Crippen molar-refractivity contribution in [1.82, 2.24) is 9.97 Å². The Morgan fingerprint density at radius 3 is 2.60 bits per heavy atom. The number of aromatic amines is 1. The summed E-state index contributed by atoms with van der Waals surface area (Å²) in [6.45, 7) is 0. The number of H-pyrrole nitrogens is 1. The fourth-order valence-corrected chi connectivity index (χ4v) is 2.77. The summed E-state index contributed by atoms with van der Waals surface area (Å²) >= 11 is 1.66. The van der Waals surface area contributed by atoms with Gasteiger partial charge in [-0.15, -0.1) is 0 Å². The molecule has 0 radical (unpaired) electrons. The summed E-state index contributed by atoms with van der Waals surface area (Å²) in [7, 11) is 0. The number of nitrogens with zero attached hydrogens (tertiary/aromatic N) is 1. The van der Waals surface area contributed by atoms with Gasteiger partial charge >= 0.3 is 0 Å². The molecule has 5 heteroatoms. The number of rotatable bonds is 4. The smallest absolute Gasteiger partial charge is 0.166 e. The van der Waals surface area contributed by atoms with Gasteiger partial charge in [-0.2, -0.15) is 0 Å². The van der Waals surface area contributed by atoms with Gasteiger partial charge in [0.25, 0.3) is 0 Å². The first-order valence-corrected chi connectivity index (χ1v) is 7.22. The molecule has 1 aromatic heterocycles. The Balaban J connectivity index is 1.71. The van der Waals surface area contributed by atoms with Crippen LogP contribution in [0, 0.1) is 5.41 Å². The first-order valence-electron chi connectivity index (χ1n) is 6.23. The van der Waals surface area contributed by atoms with Gasteiger partial charge in [0.1, 0.15) is 5.84 Å². The molecule has 0 saturated carbocycles. The molecule has 0 fully saturated rings. The lowest BCUT2D eigenvalue weighted by Gasteiger charge is -2.01. The quantitative estimate of drug-likeness (QED) is 0.391. The number of nitrogen functional groups attached to an aromatic ring is 1. The van der Waals surface area contributed by atoms with Crippen LogP contribution in [0.5, 0.6) is 0 Å². The fourth-order valence-electron chi connectivity index (χ4n) is 1.93. The van der Waals surface area contributed by atoms with Gasteiger partial charge in [0.2, 0.25) is 0 Å². The Morgan fingerprint density at radius 1 is 1.15 bits per heavy atom. The Bertz CT molecular complexity index is 713. The summed E-state index contributed by atoms with van der Waals surface area (Å²) in [5, 5.41) is 8.28. The van der Waals surface area contributed by atoms with Gasteiger partial charge in [-0.05, 0) is 17.7 Å². The maximum atomic E-state index is 7.36. The molecule has 3 aromatic rings. The third kappa shape index (κ3) is 2.67. The lowest BCUT2D eigenvalue weighted by molar-refractivity contribution is 1.08. The Hall–Kier alpha value is -2.27. The number of hydrogen-bond acceptors (Lipinski definition) is 3. The highest BCUT2D eigenvalue weighted by molar-refractivity contribution is 7.98. The number of imidazole rings is 1. The summed E-state index contributed by atoms with van der Waals surface area (Å²) in [6, 6.07) is 15.7. The number of para-hydroxylation sites is 2. The van der Waals surface area contributed by atoms with Crippen LogP contribution >= 0.6 is 11.8 Å². The second-order valence-electron chi connectivity index (χ2n) is 4.46. The average Bonchev–Trinajstić information content (AvgIpc) is 2.88. The van der Waals surface area contributed by atoms with E-state index in [1.807, 2.05) is 48.5 Å². The van der Waals surface area contributed by atoms with Crippen LogP contribution in [-0.2, 0) is 5.75 Å². The molecule has 0 unspecified atom stereocenters. The van der Waals surface area contributed by atoms with Crippen molar-refractivity contribution in [3.05, 3.63) is 59.7 Å². The van der Waals surface area contributed by atoms with Crippen molar-refractivity contribution in [3.8, 4) is 0 Å². The Morgan fingerprint density at radius 2 is 1.90 bits per heavy atom. The van der Waals surface area contributed by atoms with Gasteiger partial charge in [-0.3, -0.25) is 5.41 Å². The minimum absolute atomic E-state index is 0.0986. The highest BCUT2D eigenvalue weighted by Crippen LogP contribution is 2.23. The van der Waals surface area contributed by atoms with Gasteiger partial charge in [0, 0.05) is 11.3 Å². The Labute approximate surface area is 120 Å². The molecule has 0 atom stereocenters. The molecule has 0 amide bonds. The van der Waals surface area contributed by atoms with Crippen LogP contribution in [0.4, 0.5) is 0 Å². The molecular weight excluding hydrogens is 268 g/mol. The fraction of sp³-hybridized carbons (Fsp3) is 0.0667. The van der Waals surface area contributed by atoms with E-state index in [1.54, 1.807) is 11.8 Å². The summed E-state index contributed by atoms with van der Waals surface area (Å²) in [5.74, 6) is 0.930. The van der Waals surface area contributed by atoms with E-state index in [9.17, 15) is 0 Å². The third-order valence-electron chi connectivity index (χ3n) is 3.01. The monoisotopic (exact) mass is 282 g/mol. The molecule has 2 aromatic carbocycles. The minimum Gasteiger partial charge on any atom is -0.384 e. The largest absolute Gasteiger partial charge is 0.384 e. The van der Waals surface area contributed by atoms with E-state index in [1.165, 1.54) is 5.56 Å². The molecule has 0 aliphatic rings. The molecule has 100 valence electrons. The normalized spacial score (nSPS) is 10.8. The maximum Gasteiger partial charge on any atom is 0.166 e. The van der Waals surface area contributed by atoms with Crippen molar-refractivity contribution < 1.29 is 0 Å². The van der Waals surface area contributed by atoms with E-state index in [2.05, 4.69) is 9.97 Å². The second-order valence-corrected chi connectivity index (χ2v) is 5.42. The predicted molar refractivity (Wildman–Crippen MR) is 83.1 cm³/mol. The van der Waals surface area contributed by atoms with E-state index >= 15 is 0 Å². The number of nitrogens with two attached hydrogens (primary N) is 1. The van der Waals surface area contributed by atoms with Crippen LogP contribution < -0.4 is 5.73 Å². The van der Waals surface area contributed by atoms with Crippen molar-refractivity contribution in [2.45, 2.75) is 10.9 Å². The highest BCUT2D eigenvalue weighted by Gasteiger charge is 2.03. The molecule has 20 heavy (non-hydrogen) atoms. The van der Waals surface area contributed by atoms with Crippen LogP contribution in [0.2, 0.25) is 0 Å². The number of fused-ring (bicyclic) bond motifs is 1. The van der Waals surface area contributed by atoms with E-state index in [0.717, 1.165) is 27.5 Å². The van der Waals surface area contributed by atoms with E-state index < -0.39 is 0 Å². The van der Waals surface area contributed by atoms with Gasteiger partial charge < -0.3 is 10.7 Å². The van der Waals surface area contributed by atoms with Gasteiger partial charge in [0.05, 0.1) is 11.0 Å². The van der Waals surface area contributed by atoms with Crippen LogP contribution in [0.3, 0.4) is 0 Å². The zero-order chi connectivity index (χ0) is 13.9. The van der Waals surface area contributed by atoms with E-state index in [4.69, 9.17) is 11.1 Å². The zero-order valence-corrected chi connectivity index (χ0v) is 11.6. The van der Waals surface area contributed by atoms with Crippen LogP contribution in [0.1, 0.15) is 11.1 Å². The summed E-state index contributed by atoms with van der Waals surface area (Å²) in [5.41, 5.74) is 9.41. The highest BCUT2D eigenvalue weighted by atomic mass is 32.2. The van der Waals surface area contributed by atoms with Crippen molar-refractivity contribution in [3.63, 3.8) is 0 Å². The average molecular weight is 282 g/mol. The van der Waals surface area contributed by atoms with Crippen molar-refractivity contribution in [1.29, 1.82) is 5.41 Å². The predicted octanol–water partition coefficient (Wildman–Crippen LogP) is 3.14. The lowest BCUT2D eigenvalue weighted by Crippen LogP contribution is -2.10.